The number of hydrogen-bond acceptors (Lipinski definition) is 5. The molecule has 0 atom stereocenters. The third-order valence-corrected chi connectivity index (χ3v) is 3.60. The van der Waals surface area contributed by atoms with Crippen molar-refractivity contribution in [3.63, 3.8) is 0 Å². The van der Waals surface area contributed by atoms with Crippen molar-refractivity contribution in [2.24, 2.45) is 0 Å². The standard InChI is InChI=1S/C13H17ClFN3O3/c14-10-8-12(13(18(19)20)9-11(10)15)16-2-1-3-17-4-6-21-7-5-17/h8-9,16H,1-7H2. The van der Waals surface area contributed by atoms with Crippen LogP contribution in [0.1, 0.15) is 6.42 Å². The summed E-state index contributed by atoms with van der Waals surface area (Å²) in [6.45, 7) is 4.74. The van der Waals surface area contributed by atoms with Crippen LogP contribution in [-0.4, -0.2) is 49.2 Å². The van der Waals surface area contributed by atoms with E-state index in [1.165, 1.54) is 6.07 Å². The molecule has 0 saturated carbocycles. The Morgan fingerprint density at radius 2 is 2.14 bits per heavy atom. The molecular formula is C13H17ClFN3O3. The number of anilines is 1. The maximum atomic E-state index is 13.3. The summed E-state index contributed by atoms with van der Waals surface area (Å²) < 4.78 is 18.5. The average molecular weight is 318 g/mol. The summed E-state index contributed by atoms with van der Waals surface area (Å²) in [5.41, 5.74) is -0.0587. The molecule has 0 aromatic heterocycles. The molecule has 0 amide bonds. The molecule has 2 rings (SSSR count). The Balaban J connectivity index is 1.87. The number of nitrogens with one attached hydrogen (secondary N) is 1. The van der Waals surface area contributed by atoms with Crippen molar-refractivity contribution in [1.82, 2.24) is 4.90 Å². The Kier molecular flexibility index (Phi) is 5.72. The van der Waals surface area contributed by atoms with Crippen molar-refractivity contribution >= 4 is 23.0 Å². The largest absolute Gasteiger partial charge is 0.379 e. The van der Waals surface area contributed by atoms with Crippen LogP contribution in [0.3, 0.4) is 0 Å². The quantitative estimate of drug-likeness (QED) is 0.496. The van der Waals surface area contributed by atoms with Crippen molar-refractivity contribution in [1.29, 1.82) is 0 Å². The number of benzene rings is 1. The maximum absolute atomic E-state index is 13.3. The monoisotopic (exact) mass is 317 g/mol. The summed E-state index contributed by atoms with van der Waals surface area (Å²) >= 11 is 5.67. The summed E-state index contributed by atoms with van der Waals surface area (Å²) in [5.74, 6) is -0.790. The van der Waals surface area contributed by atoms with Gasteiger partial charge in [0.2, 0.25) is 0 Å². The molecule has 6 nitrogen and oxygen atoms in total. The Labute approximate surface area is 127 Å². The van der Waals surface area contributed by atoms with Crippen molar-refractivity contribution in [2.45, 2.75) is 6.42 Å². The van der Waals surface area contributed by atoms with Gasteiger partial charge in [0, 0.05) is 19.6 Å². The third kappa shape index (κ3) is 4.52. The highest BCUT2D eigenvalue weighted by molar-refractivity contribution is 6.31. The second-order valence-electron chi connectivity index (χ2n) is 4.77. The van der Waals surface area contributed by atoms with E-state index >= 15 is 0 Å². The van der Waals surface area contributed by atoms with Crippen LogP contribution >= 0.6 is 11.6 Å². The maximum Gasteiger partial charge on any atom is 0.295 e. The predicted molar refractivity (Wildman–Crippen MR) is 78.4 cm³/mol. The van der Waals surface area contributed by atoms with E-state index in [2.05, 4.69) is 10.2 Å². The number of ether oxygens (including phenoxy) is 1. The van der Waals surface area contributed by atoms with E-state index in [0.29, 0.717) is 6.54 Å². The van der Waals surface area contributed by atoms with Crippen LogP contribution in [0.25, 0.3) is 0 Å². The molecule has 1 N–H and O–H groups in total. The van der Waals surface area contributed by atoms with Gasteiger partial charge in [0.15, 0.2) is 0 Å². The van der Waals surface area contributed by atoms with Crippen molar-refractivity contribution < 1.29 is 14.1 Å². The first-order chi connectivity index (χ1) is 10.1. The van der Waals surface area contributed by atoms with E-state index in [1.54, 1.807) is 0 Å². The lowest BCUT2D eigenvalue weighted by atomic mass is 10.2. The van der Waals surface area contributed by atoms with Gasteiger partial charge < -0.3 is 10.1 Å². The van der Waals surface area contributed by atoms with Crippen molar-refractivity contribution in [3.8, 4) is 0 Å². The molecule has 116 valence electrons. The number of nitro benzene ring substituents is 1. The fraction of sp³-hybridized carbons (Fsp3) is 0.538. The molecule has 0 unspecified atom stereocenters. The van der Waals surface area contributed by atoms with Gasteiger partial charge in [0.05, 0.1) is 29.2 Å². The zero-order valence-electron chi connectivity index (χ0n) is 11.5. The average Bonchev–Trinajstić information content (AvgIpc) is 2.47. The van der Waals surface area contributed by atoms with Crippen LogP contribution in [0, 0.1) is 15.9 Å². The lowest BCUT2D eigenvalue weighted by molar-refractivity contribution is -0.384. The van der Waals surface area contributed by atoms with Crippen LogP contribution in [0.4, 0.5) is 15.8 Å². The van der Waals surface area contributed by atoms with Crippen LogP contribution < -0.4 is 5.32 Å². The Hall–Kier alpha value is -1.44. The predicted octanol–water partition coefficient (Wildman–Crippen LogP) is 2.52. The smallest absolute Gasteiger partial charge is 0.295 e. The van der Waals surface area contributed by atoms with E-state index in [-0.39, 0.29) is 16.4 Å². The molecule has 1 aliphatic rings. The van der Waals surface area contributed by atoms with Gasteiger partial charge in [-0.3, -0.25) is 15.0 Å². The third-order valence-electron chi connectivity index (χ3n) is 3.31. The highest BCUT2D eigenvalue weighted by Gasteiger charge is 2.17. The molecule has 1 aromatic carbocycles. The highest BCUT2D eigenvalue weighted by atomic mass is 35.5. The Morgan fingerprint density at radius 1 is 1.43 bits per heavy atom. The van der Waals surface area contributed by atoms with Gasteiger partial charge in [-0.05, 0) is 19.0 Å². The summed E-state index contributed by atoms with van der Waals surface area (Å²) in [7, 11) is 0. The van der Waals surface area contributed by atoms with Crippen LogP contribution in [0.2, 0.25) is 5.02 Å². The molecule has 1 fully saturated rings. The second-order valence-corrected chi connectivity index (χ2v) is 5.18. The Bertz CT molecular complexity index is 510. The van der Waals surface area contributed by atoms with Crippen molar-refractivity contribution in [2.75, 3.05) is 44.7 Å². The molecule has 8 heteroatoms. The summed E-state index contributed by atoms with van der Waals surface area (Å²) in [6, 6.07) is 2.09. The number of halogens is 2. The Morgan fingerprint density at radius 3 is 2.81 bits per heavy atom. The summed E-state index contributed by atoms with van der Waals surface area (Å²) in [4.78, 5) is 12.6. The van der Waals surface area contributed by atoms with Gasteiger partial charge in [0.1, 0.15) is 11.5 Å². The normalized spacial score (nSPS) is 15.9. The highest BCUT2D eigenvalue weighted by Crippen LogP contribution is 2.30. The van der Waals surface area contributed by atoms with Gasteiger partial charge in [-0.1, -0.05) is 11.6 Å². The molecule has 1 aliphatic heterocycles. The molecular weight excluding hydrogens is 301 g/mol. The number of hydrogen-bond donors (Lipinski definition) is 1. The van der Waals surface area contributed by atoms with Crippen LogP contribution in [0.5, 0.6) is 0 Å². The molecule has 1 heterocycles. The topological polar surface area (TPSA) is 67.6 Å². The lowest BCUT2D eigenvalue weighted by Gasteiger charge is -2.26. The zero-order chi connectivity index (χ0) is 15.2. The van der Waals surface area contributed by atoms with Gasteiger partial charge in [-0.15, -0.1) is 0 Å². The fourth-order valence-corrected chi connectivity index (χ4v) is 2.34. The summed E-state index contributed by atoms with van der Waals surface area (Å²) in [6.07, 6.45) is 0.826. The van der Waals surface area contributed by atoms with Gasteiger partial charge >= 0.3 is 0 Å². The lowest BCUT2D eigenvalue weighted by Crippen LogP contribution is -2.37. The van der Waals surface area contributed by atoms with E-state index in [9.17, 15) is 14.5 Å². The minimum Gasteiger partial charge on any atom is -0.379 e. The first-order valence-corrected chi connectivity index (χ1v) is 7.13. The first-order valence-electron chi connectivity index (χ1n) is 6.75. The number of rotatable bonds is 6. The zero-order valence-corrected chi connectivity index (χ0v) is 12.2. The van der Waals surface area contributed by atoms with Gasteiger partial charge in [-0.25, -0.2) is 4.39 Å². The fourth-order valence-electron chi connectivity index (χ4n) is 2.18. The SMILES string of the molecule is O=[N+]([O-])c1cc(F)c(Cl)cc1NCCCN1CCOCC1. The van der Waals surface area contributed by atoms with E-state index in [0.717, 1.165) is 45.3 Å². The first kappa shape index (κ1) is 15.9. The molecule has 0 aliphatic carbocycles. The molecule has 1 aromatic rings. The van der Waals surface area contributed by atoms with Gasteiger partial charge in [-0.2, -0.15) is 0 Å². The minimum atomic E-state index is -0.790. The minimum absolute atomic E-state index is 0.128. The molecule has 21 heavy (non-hydrogen) atoms. The van der Waals surface area contributed by atoms with E-state index < -0.39 is 10.7 Å². The second kappa shape index (κ2) is 7.53. The van der Waals surface area contributed by atoms with Crippen molar-refractivity contribution in [3.05, 3.63) is 33.1 Å². The number of nitrogens with zero attached hydrogens (tertiary/aromatic N) is 2. The number of morpholine rings is 1. The number of nitro groups is 1. The van der Waals surface area contributed by atoms with E-state index in [4.69, 9.17) is 16.3 Å². The summed E-state index contributed by atoms with van der Waals surface area (Å²) in [5, 5.41) is 13.7. The van der Waals surface area contributed by atoms with Crippen LogP contribution in [0.15, 0.2) is 12.1 Å². The molecule has 0 spiro atoms. The van der Waals surface area contributed by atoms with Crippen LogP contribution in [-0.2, 0) is 4.74 Å². The van der Waals surface area contributed by atoms with E-state index in [1.807, 2.05) is 0 Å². The van der Waals surface area contributed by atoms with Gasteiger partial charge in [0.25, 0.3) is 5.69 Å². The molecule has 0 bridgehead atoms. The molecule has 1 saturated heterocycles. The molecule has 0 radical (unpaired) electrons.